The van der Waals surface area contributed by atoms with E-state index in [1.165, 1.54) is 17.9 Å². The van der Waals surface area contributed by atoms with Crippen LogP contribution < -0.4 is 11.1 Å². The topological polar surface area (TPSA) is 70.6 Å². The van der Waals surface area contributed by atoms with Crippen molar-refractivity contribution in [2.45, 2.75) is 19.0 Å². The molecule has 1 fully saturated rings. The lowest BCUT2D eigenvalue weighted by Gasteiger charge is -2.11. The van der Waals surface area contributed by atoms with Gasteiger partial charge in [-0.25, -0.2) is 0 Å². The molecule has 1 aliphatic rings. The highest BCUT2D eigenvalue weighted by Gasteiger charge is 2.14. The van der Waals surface area contributed by atoms with Gasteiger partial charge >= 0.3 is 0 Å². The molecule has 0 saturated carbocycles. The van der Waals surface area contributed by atoms with Crippen LogP contribution in [-0.2, 0) is 6.54 Å². The molecule has 1 heterocycles. The molecule has 0 amide bonds. The van der Waals surface area contributed by atoms with E-state index in [4.69, 9.17) is 10.9 Å². The van der Waals surface area contributed by atoms with Crippen LogP contribution in [0.1, 0.15) is 17.5 Å². The van der Waals surface area contributed by atoms with Gasteiger partial charge in [0.1, 0.15) is 0 Å². The summed E-state index contributed by atoms with van der Waals surface area (Å²) in [6.45, 7) is 0.831. The molecule has 5 heteroatoms. The van der Waals surface area contributed by atoms with Crippen LogP contribution in [0.25, 0.3) is 0 Å². The summed E-state index contributed by atoms with van der Waals surface area (Å²) in [4.78, 5) is 0. The molecule has 1 aromatic carbocycles. The highest BCUT2D eigenvalue weighted by atomic mass is 32.2. The first kappa shape index (κ1) is 12.3. The molecule has 0 aliphatic carbocycles. The number of oxime groups is 1. The second-order valence-corrected chi connectivity index (χ2v) is 5.28. The Morgan fingerprint density at radius 1 is 1.59 bits per heavy atom. The Hall–Kier alpha value is -1.20. The van der Waals surface area contributed by atoms with Crippen molar-refractivity contribution < 1.29 is 5.21 Å². The monoisotopic (exact) mass is 251 g/mol. The summed E-state index contributed by atoms with van der Waals surface area (Å²) < 4.78 is 0. The molecule has 0 radical (unpaired) electrons. The molecular formula is C12H17N3OS. The zero-order valence-electron chi connectivity index (χ0n) is 9.60. The first-order valence-electron chi connectivity index (χ1n) is 5.67. The molecule has 1 aliphatic heterocycles. The highest BCUT2D eigenvalue weighted by Crippen LogP contribution is 2.17. The first-order chi connectivity index (χ1) is 8.29. The van der Waals surface area contributed by atoms with Crippen LogP contribution in [0.2, 0.25) is 0 Å². The van der Waals surface area contributed by atoms with Crippen LogP contribution in [0.4, 0.5) is 0 Å². The molecule has 0 bridgehead atoms. The number of nitrogens with two attached hydrogens (primary N) is 1. The van der Waals surface area contributed by atoms with Gasteiger partial charge in [-0.05, 0) is 23.8 Å². The van der Waals surface area contributed by atoms with E-state index in [-0.39, 0.29) is 5.84 Å². The van der Waals surface area contributed by atoms with Crippen LogP contribution >= 0.6 is 11.8 Å². The van der Waals surface area contributed by atoms with Crippen molar-refractivity contribution >= 4 is 17.6 Å². The van der Waals surface area contributed by atoms with Crippen LogP contribution in [0.3, 0.4) is 0 Å². The average molecular weight is 251 g/mol. The molecule has 2 rings (SSSR count). The molecule has 1 atom stereocenters. The predicted octanol–water partition coefficient (Wildman–Crippen LogP) is 1.38. The Morgan fingerprint density at radius 2 is 2.47 bits per heavy atom. The fraction of sp³-hybridized carbons (Fsp3) is 0.417. The second kappa shape index (κ2) is 5.93. The van der Waals surface area contributed by atoms with E-state index in [1.807, 2.05) is 36.0 Å². The molecule has 1 aromatic rings. The zero-order valence-corrected chi connectivity index (χ0v) is 10.4. The van der Waals surface area contributed by atoms with Crippen molar-refractivity contribution in [2.75, 3.05) is 11.5 Å². The number of hydrogen-bond donors (Lipinski definition) is 3. The third kappa shape index (κ3) is 3.38. The van der Waals surface area contributed by atoms with Crippen LogP contribution in [0, 0.1) is 0 Å². The third-order valence-electron chi connectivity index (χ3n) is 2.86. The van der Waals surface area contributed by atoms with E-state index in [0.717, 1.165) is 17.7 Å². The molecule has 0 aromatic heterocycles. The molecule has 92 valence electrons. The van der Waals surface area contributed by atoms with E-state index >= 15 is 0 Å². The fourth-order valence-corrected chi connectivity index (χ4v) is 3.04. The van der Waals surface area contributed by atoms with E-state index in [2.05, 4.69) is 10.5 Å². The summed E-state index contributed by atoms with van der Waals surface area (Å²) in [5, 5.41) is 15.2. The number of hydrogen-bond acceptors (Lipinski definition) is 4. The highest BCUT2D eigenvalue weighted by molar-refractivity contribution is 7.99. The lowest BCUT2D eigenvalue weighted by atomic mass is 10.1. The van der Waals surface area contributed by atoms with Crippen LogP contribution in [0.15, 0.2) is 29.4 Å². The van der Waals surface area contributed by atoms with Crippen molar-refractivity contribution in [2.24, 2.45) is 10.9 Å². The smallest absolute Gasteiger partial charge is 0.170 e. The number of amidine groups is 1. The molecule has 4 N–H and O–H groups in total. The molecule has 0 spiro atoms. The van der Waals surface area contributed by atoms with E-state index in [1.54, 1.807) is 0 Å². The predicted molar refractivity (Wildman–Crippen MR) is 71.5 cm³/mol. The van der Waals surface area contributed by atoms with Gasteiger partial charge in [0, 0.05) is 23.9 Å². The normalized spacial score (nSPS) is 20.7. The molecule has 4 nitrogen and oxygen atoms in total. The Balaban J connectivity index is 1.96. The van der Waals surface area contributed by atoms with Gasteiger partial charge in [0.2, 0.25) is 0 Å². The van der Waals surface area contributed by atoms with Crippen molar-refractivity contribution in [1.82, 2.24) is 5.32 Å². The quantitative estimate of drug-likeness (QED) is 0.327. The maximum absolute atomic E-state index is 8.63. The largest absolute Gasteiger partial charge is 0.409 e. The maximum atomic E-state index is 8.63. The van der Waals surface area contributed by atoms with Crippen molar-refractivity contribution in [3.8, 4) is 0 Å². The molecule has 17 heavy (non-hydrogen) atoms. The number of thioether (sulfide) groups is 1. The van der Waals surface area contributed by atoms with Crippen molar-refractivity contribution in [3.05, 3.63) is 35.4 Å². The van der Waals surface area contributed by atoms with Gasteiger partial charge in [-0.1, -0.05) is 23.4 Å². The minimum atomic E-state index is 0.156. The van der Waals surface area contributed by atoms with Crippen LogP contribution in [-0.4, -0.2) is 28.6 Å². The first-order valence-corrected chi connectivity index (χ1v) is 6.83. The van der Waals surface area contributed by atoms with Crippen molar-refractivity contribution in [1.29, 1.82) is 0 Å². The average Bonchev–Trinajstić information content (AvgIpc) is 2.89. The second-order valence-electron chi connectivity index (χ2n) is 4.13. The lowest BCUT2D eigenvalue weighted by Crippen LogP contribution is -2.28. The third-order valence-corrected chi connectivity index (χ3v) is 4.02. The summed E-state index contributed by atoms with van der Waals surface area (Å²) in [5.74, 6) is 2.60. The summed E-state index contributed by atoms with van der Waals surface area (Å²) in [6, 6.07) is 8.37. The fourth-order valence-electron chi connectivity index (χ4n) is 1.86. The Labute approximate surface area is 105 Å². The summed E-state index contributed by atoms with van der Waals surface area (Å²) in [5.41, 5.74) is 7.47. The summed E-state index contributed by atoms with van der Waals surface area (Å²) >= 11 is 1.99. The van der Waals surface area contributed by atoms with Gasteiger partial charge in [-0.3, -0.25) is 0 Å². The number of nitrogens with zero attached hydrogens (tertiary/aromatic N) is 1. The Bertz CT molecular complexity index is 402. The molecular weight excluding hydrogens is 234 g/mol. The van der Waals surface area contributed by atoms with Gasteiger partial charge < -0.3 is 16.3 Å². The molecule has 1 saturated heterocycles. The minimum Gasteiger partial charge on any atom is -0.409 e. The van der Waals surface area contributed by atoms with Gasteiger partial charge in [0.15, 0.2) is 5.84 Å². The maximum Gasteiger partial charge on any atom is 0.170 e. The Morgan fingerprint density at radius 3 is 3.18 bits per heavy atom. The van der Waals surface area contributed by atoms with E-state index in [9.17, 15) is 0 Å². The van der Waals surface area contributed by atoms with Gasteiger partial charge in [-0.2, -0.15) is 11.8 Å². The number of rotatable bonds is 4. The Kier molecular flexibility index (Phi) is 4.28. The molecule has 1 unspecified atom stereocenters. The van der Waals surface area contributed by atoms with Crippen molar-refractivity contribution in [3.63, 3.8) is 0 Å². The summed E-state index contributed by atoms with van der Waals surface area (Å²) in [7, 11) is 0. The van der Waals surface area contributed by atoms with Gasteiger partial charge in [0.05, 0.1) is 0 Å². The SMILES string of the molecule is N/C(=N/O)c1cccc(CNC2CCSC2)c1. The van der Waals surface area contributed by atoms with E-state index < -0.39 is 0 Å². The minimum absolute atomic E-state index is 0.156. The number of benzene rings is 1. The van der Waals surface area contributed by atoms with Gasteiger partial charge in [-0.15, -0.1) is 0 Å². The van der Waals surface area contributed by atoms with Crippen LogP contribution in [0.5, 0.6) is 0 Å². The zero-order chi connectivity index (χ0) is 12.1. The number of nitrogens with one attached hydrogen (secondary N) is 1. The lowest BCUT2D eigenvalue weighted by molar-refractivity contribution is 0.318. The summed E-state index contributed by atoms with van der Waals surface area (Å²) in [6.07, 6.45) is 1.24. The van der Waals surface area contributed by atoms with Gasteiger partial charge in [0.25, 0.3) is 0 Å². The van der Waals surface area contributed by atoms with E-state index in [0.29, 0.717) is 6.04 Å². The standard InChI is InChI=1S/C12H17N3OS/c13-12(15-16)10-3-1-2-9(6-10)7-14-11-4-5-17-8-11/h1-3,6,11,14,16H,4-5,7-8H2,(H2,13,15).